The highest BCUT2D eigenvalue weighted by Crippen LogP contribution is 2.37. The van der Waals surface area contributed by atoms with E-state index < -0.39 is 0 Å². The smallest absolute Gasteiger partial charge is 0.318 e. The fourth-order valence-electron chi connectivity index (χ4n) is 4.02. The number of urea groups is 1. The van der Waals surface area contributed by atoms with Crippen molar-refractivity contribution in [2.45, 2.75) is 38.3 Å². The van der Waals surface area contributed by atoms with Gasteiger partial charge >= 0.3 is 6.03 Å². The fraction of sp³-hybridized carbons (Fsp3) is 0.400. The van der Waals surface area contributed by atoms with E-state index in [0.717, 1.165) is 29.2 Å². The first kappa shape index (κ1) is 15.2. The summed E-state index contributed by atoms with van der Waals surface area (Å²) in [4.78, 5) is 18.7. The second kappa shape index (κ2) is 6.27. The van der Waals surface area contributed by atoms with Gasteiger partial charge < -0.3 is 10.2 Å². The molecule has 1 N–H and O–H groups in total. The number of hydrogen-bond donors (Lipinski definition) is 1. The second-order valence-corrected chi connectivity index (χ2v) is 7.02. The molecule has 2 bridgehead atoms. The quantitative estimate of drug-likeness (QED) is 0.928. The van der Waals surface area contributed by atoms with E-state index in [1.165, 1.54) is 19.3 Å². The number of amides is 2. The van der Waals surface area contributed by atoms with Crippen LogP contribution in [-0.2, 0) is 0 Å². The van der Waals surface area contributed by atoms with Crippen LogP contribution in [0.25, 0.3) is 11.1 Å². The van der Waals surface area contributed by atoms with Gasteiger partial charge in [-0.1, -0.05) is 30.3 Å². The third-order valence-corrected chi connectivity index (χ3v) is 5.42. The van der Waals surface area contributed by atoms with Crippen LogP contribution in [-0.4, -0.2) is 28.5 Å². The van der Waals surface area contributed by atoms with Crippen molar-refractivity contribution in [1.29, 1.82) is 0 Å². The number of pyridine rings is 1. The largest absolute Gasteiger partial charge is 0.331 e. The van der Waals surface area contributed by atoms with Gasteiger partial charge in [0.25, 0.3) is 0 Å². The van der Waals surface area contributed by atoms with Crippen molar-refractivity contribution < 1.29 is 4.79 Å². The Kier molecular flexibility index (Phi) is 3.97. The molecule has 24 heavy (non-hydrogen) atoms. The topological polar surface area (TPSA) is 45.2 Å². The molecule has 1 saturated carbocycles. The van der Waals surface area contributed by atoms with Gasteiger partial charge in [-0.25, -0.2) is 4.79 Å². The van der Waals surface area contributed by atoms with E-state index in [-0.39, 0.29) is 12.1 Å². The Morgan fingerprint density at radius 1 is 1.21 bits per heavy atom. The van der Waals surface area contributed by atoms with Gasteiger partial charge in [0.15, 0.2) is 0 Å². The number of rotatable bonds is 3. The van der Waals surface area contributed by atoms with Gasteiger partial charge in [0, 0.05) is 25.0 Å². The van der Waals surface area contributed by atoms with Gasteiger partial charge in [0.2, 0.25) is 0 Å². The van der Waals surface area contributed by atoms with Gasteiger partial charge in [-0.3, -0.25) is 4.98 Å². The monoisotopic (exact) mass is 321 g/mol. The highest BCUT2D eigenvalue weighted by Gasteiger charge is 2.40. The first-order valence-electron chi connectivity index (χ1n) is 8.78. The zero-order chi connectivity index (χ0) is 16.5. The van der Waals surface area contributed by atoms with Crippen molar-refractivity contribution in [3.05, 3.63) is 54.4 Å². The first-order valence-corrected chi connectivity index (χ1v) is 8.78. The first-order chi connectivity index (χ1) is 11.7. The van der Waals surface area contributed by atoms with Crippen molar-refractivity contribution >= 4 is 6.03 Å². The molecule has 3 atom stereocenters. The average molecular weight is 321 g/mol. The molecule has 4 rings (SSSR count). The second-order valence-electron chi connectivity index (χ2n) is 7.02. The maximum absolute atomic E-state index is 12.5. The molecular weight excluding hydrogens is 298 g/mol. The van der Waals surface area contributed by atoms with Gasteiger partial charge in [-0.2, -0.15) is 0 Å². The number of benzene rings is 1. The van der Waals surface area contributed by atoms with E-state index in [0.29, 0.717) is 6.04 Å². The van der Waals surface area contributed by atoms with Gasteiger partial charge in [0.1, 0.15) is 0 Å². The number of carbonyl (C=O) groups is 1. The Morgan fingerprint density at radius 3 is 2.67 bits per heavy atom. The molecule has 2 amide bonds. The average Bonchev–Trinajstić information content (AvgIpc) is 3.26. The number of aromatic nitrogens is 1. The lowest BCUT2D eigenvalue weighted by molar-refractivity contribution is 0.178. The lowest BCUT2D eigenvalue weighted by atomic mass is 10.0. The third-order valence-electron chi connectivity index (χ3n) is 5.42. The van der Waals surface area contributed by atoms with Crippen LogP contribution in [0.3, 0.4) is 0 Å². The van der Waals surface area contributed by atoms with Crippen LogP contribution in [0.1, 0.15) is 37.8 Å². The Balaban J connectivity index is 1.41. The number of carbonyl (C=O) groups excluding carboxylic acids is 1. The Morgan fingerprint density at radius 2 is 2.04 bits per heavy atom. The SMILES string of the molecule is C[C@H](NC(=O)N1C[C@H]2CC[C@@H]1C2)c1ccc(-c2cccnc2)cc1. The summed E-state index contributed by atoms with van der Waals surface area (Å²) in [5, 5.41) is 3.16. The molecule has 0 spiro atoms. The summed E-state index contributed by atoms with van der Waals surface area (Å²) in [5.74, 6) is 0.731. The van der Waals surface area contributed by atoms with E-state index in [1.807, 2.05) is 24.1 Å². The summed E-state index contributed by atoms with van der Waals surface area (Å²) in [6, 6.07) is 12.9. The molecule has 2 fully saturated rings. The van der Waals surface area contributed by atoms with E-state index in [2.05, 4.69) is 40.6 Å². The summed E-state index contributed by atoms with van der Waals surface area (Å²) >= 11 is 0. The fourth-order valence-corrected chi connectivity index (χ4v) is 4.02. The molecule has 124 valence electrons. The summed E-state index contributed by atoms with van der Waals surface area (Å²) in [6.45, 7) is 2.98. The summed E-state index contributed by atoms with van der Waals surface area (Å²) in [5.41, 5.74) is 3.37. The summed E-state index contributed by atoms with van der Waals surface area (Å²) in [6.07, 6.45) is 7.30. The standard InChI is InChI=1S/C20H23N3O/c1-14(22-20(24)23-13-15-4-9-19(23)11-15)16-5-7-17(8-6-16)18-3-2-10-21-12-18/h2-3,5-8,10,12,14-15,19H,4,9,11,13H2,1H3,(H,22,24)/t14-,15-,19+/m0/s1. The van der Waals surface area contributed by atoms with Crippen LogP contribution < -0.4 is 5.32 Å². The maximum Gasteiger partial charge on any atom is 0.318 e. The van der Waals surface area contributed by atoms with E-state index in [9.17, 15) is 4.79 Å². The zero-order valence-corrected chi connectivity index (χ0v) is 14.0. The van der Waals surface area contributed by atoms with E-state index in [4.69, 9.17) is 0 Å². The summed E-state index contributed by atoms with van der Waals surface area (Å²) < 4.78 is 0. The van der Waals surface area contributed by atoms with Crippen LogP contribution in [0.2, 0.25) is 0 Å². The molecule has 1 aromatic carbocycles. The molecule has 1 saturated heterocycles. The predicted molar refractivity (Wildman–Crippen MR) is 94.5 cm³/mol. The molecule has 4 nitrogen and oxygen atoms in total. The van der Waals surface area contributed by atoms with Crippen molar-refractivity contribution in [3.63, 3.8) is 0 Å². The number of piperidine rings is 1. The Bertz CT molecular complexity index is 713. The summed E-state index contributed by atoms with van der Waals surface area (Å²) in [7, 11) is 0. The van der Waals surface area contributed by atoms with Crippen molar-refractivity contribution in [2.24, 2.45) is 5.92 Å². The molecular formula is C20H23N3O. The minimum absolute atomic E-state index is 0.0135. The minimum Gasteiger partial charge on any atom is -0.331 e. The van der Waals surface area contributed by atoms with E-state index in [1.54, 1.807) is 6.20 Å². The molecule has 0 unspecified atom stereocenters. The molecule has 2 aliphatic rings. The number of likely N-dealkylation sites (tertiary alicyclic amines) is 1. The molecule has 2 aromatic rings. The lowest BCUT2D eigenvalue weighted by Crippen LogP contribution is -2.45. The van der Waals surface area contributed by atoms with E-state index >= 15 is 0 Å². The van der Waals surface area contributed by atoms with Crippen LogP contribution in [0, 0.1) is 5.92 Å². The molecule has 4 heteroatoms. The van der Waals surface area contributed by atoms with Crippen LogP contribution >= 0.6 is 0 Å². The van der Waals surface area contributed by atoms with Crippen LogP contribution in [0.15, 0.2) is 48.8 Å². The van der Waals surface area contributed by atoms with Gasteiger partial charge in [-0.05, 0) is 54.9 Å². The van der Waals surface area contributed by atoms with Crippen molar-refractivity contribution in [3.8, 4) is 11.1 Å². The highest BCUT2D eigenvalue weighted by atomic mass is 16.2. The van der Waals surface area contributed by atoms with Gasteiger partial charge in [0.05, 0.1) is 6.04 Å². The zero-order valence-electron chi connectivity index (χ0n) is 14.0. The van der Waals surface area contributed by atoms with Crippen LogP contribution in [0.5, 0.6) is 0 Å². The third kappa shape index (κ3) is 2.88. The molecule has 0 radical (unpaired) electrons. The van der Waals surface area contributed by atoms with Gasteiger partial charge in [-0.15, -0.1) is 0 Å². The lowest BCUT2D eigenvalue weighted by Gasteiger charge is -2.28. The van der Waals surface area contributed by atoms with Crippen molar-refractivity contribution in [2.75, 3.05) is 6.54 Å². The molecule has 1 aliphatic carbocycles. The molecule has 2 heterocycles. The highest BCUT2D eigenvalue weighted by molar-refractivity contribution is 5.75. The number of hydrogen-bond acceptors (Lipinski definition) is 2. The Hall–Kier alpha value is -2.36. The molecule has 1 aromatic heterocycles. The van der Waals surface area contributed by atoms with Crippen molar-refractivity contribution in [1.82, 2.24) is 15.2 Å². The normalized spacial score (nSPS) is 23.3. The Labute approximate surface area is 142 Å². The number of nitrogens with zero attached hydrogens (tertiary/aromatic N) is 2. The molecule has 1 aliphatic heterocycles. The number of fused-ring (bicyclic) bond motifs is 2. The predicted octanol–water partition coefficient (Wildman–Crippen LogP) is 4.00. The maximum atomic E-state index is 12.5. The van der Waals surface area contributed by atoms with Crippen LogP contribution in [0.4, 0.5) is 4.79 Å². The minimum atomic E-state index is 0.0135. The number of nitrogens with one attached hydrogen (secondary N) is 1.